The molecule has 146 valence electrons. The first kappa shape index (κ1) is 19.2. The number of nitrogens with zero attached hydrogens (tertiary/aromatic N) is 2. The predicted molar refractivity (Wildman–Crippen MR) is 89.3 cm³/mol. The number of halogens is 3. The van der Waals surface area contributed by atoms with Gasteiger partial charge in [-0.25, -0.2) is 4.79 Å². The van der Waals surface area contributed by atoms with Crippen molar-refractivity contribution in [3.05, 3.63) is 35.4 Å². The molecular weight excluding hydrogens is 363 g/mol. The predicted octanol–water partition coefficient (Wildman–Crippen LogP) is 2.38. The summed E-state index contributed by atoms with van der Waals surface area (Å²) in [6.07, 6.45) is -2.70. The Morgan fingerprint density at radius 2 is 1.85 bits per heavy atom. The number of nitrogens with one attached hydrogen (secondary N) is 1. The van der Waals surface area contributed by atoms with Crippen LogP contribution in [0.25, 0.3) is 0 Å². The lowest BCUT2D eigenvalue weighted by Crippen LogP contribution is -2.47. The third-order valence-electron chi connectivity index (χ3n) is 5.12. The van der Waals surface area contributed by atoms with E-state index in [0.29, 0.717) is 5.56 Å². The summed E-state index contributed by atoms with van der Waals surface area (Å²) in [7, 11) is 1.47. The summed E-state index contributed by atoms with van der Waals surface area (Å²) in [4.78, 5) is 39.2. The van der Waals surface area contributed by atoms with Crippen molar-refractivity contribution in [1.29, 1.82) is 0 Å². The molecule has 0 spiro atoms. The average Bonchev–Trinajstić information content (AvgIpc) is 3.40. The van der Waals surface area contributed by atoms with Gasteiger partial charge in [0, 0.05) is 13.6 Å². The monoisotopic (exact) mass is 383 g/mol. The zero-order valence-corrected chi connectivity index (χ0v) is 15.0. The number of likely N-dealkylation sites (N-methyl/N-ethyl adjacent to an activating group) is 1. The van der Waals surface area contributed by atoms with Crippen molar-refractivity contribution in [2.75, 3.05) is 13.6 Å². The van der Waals surface area contributed by atoms with Crippen molar-refractivity contribution in [3.8, 4) is 0 Å². The van der Waals surface area contributed by atoms with Gasteiger partial charge in [-0.2, -0.15) is 13.2 Å². The number of hydrogen-bond donors (Lipinski definition) is 1. The van der Waals surface area contributed by atoms with E-state index in [9.17, 15) is 27.6 Å². The van der Waals surface area contributed by atoms with Crippen LogP contribution in [0.5, 0.6) is 0 Å². The largest absolute Gasteiger partial charge is 0.416 e. The van der Waals surface area contributed by atoms with Gasteiger partial charge in [0.25, 0.3) is 5.91 Å². The molecule has 1 unspecified atom stereocenters. The van der Waals surface area contributed by atoms with Crippen molar-refractivity contribution in [1.82, 2.24) is 15.1 Å². The third-order valence-corrected chi connectivity index (χ3v) is 5.12. The lowest BCUT2D eigenvalue weighted by atomic mass is 9.96. The fraction of sp³-hybridized carbons (Fsp3) is 0.500. The second kappa shape index (κ2) is 6.54. The summed E-state index contributed by atoms with van der Waals surface area (Å²) in [6.45, 7) is 1.34. The molecule has 1 aromatic rings. The van der Waals surface area contributed by atoms with Crippen LogP contribution in [0.1, 0.15) is 30.9 Å². The molecule has 0 aromatic heterocycles. The van der Waals surface area contributed by atoms with E-state index >= 15 is 0 Å². The molecule has 0 bridgehead atoms. The molecule has 1 saturated carbocycles. The Morgan fingerprint density at radius 1 is 1.26 bits per heavy atom. The van der Waals surface area contributed by atoms with Gasteiger partial charge >= 0.3 is 12.2 Å². The minimum atomic E-state index is -4.42. The molecule has 27 heavy (non-hydrogen) atoms. The zero-order valence-electron chi connectivity index (χ0n) is 15.0. The molecule has 0 radical (unpaired) electrons. The summed E-state index contributed by atoms with van der Waals surface area (Å²) >= 11 is 0. The fourth-order valence-electron chi connectivity index (χ4n) is 3.21. The number of alkyl halides is 3. The molecule has 1 aliphatic carbocycles. The summed E-state index contributed by atoms with van der Waals surface area (Å²) in [5.74, 6) is -0.788. The van der Waals surface area contributed by atoms with E-state index < -0.39 is 41.7 Å². The average molecular weight is 383 g/mol. The summed E-state index contributed by atoms with van der Waals surface area (Å²) in [6, 6.07) is 3.90. The Balaban J connectivity index is 1.61. The molecule has 1 heterocycles. The number of carbonyl (C=O) groups is 3. The van der Waals surface area contributed by atoms with Crippen LogP contribution in [-0.4, -0.2) is 46.8 Å². The van der Waals surface area contributed by atoms with Crippen molar-refractivity contribution >= 4 is 17.8 Å². The van der Waals surface area contributed by atoms with Gasteiger partial charge in [0.05, 0.1) is 5.56 Å². The van der Waals surface area contributed by atoms with Crippen molar-refractivity contribution in [3.63, 3.8) is 0 Å². The highest BCUT2D eigenvalue weighted by Crippen LogP contribution is 2.42. The normalized spacial score (nSPS) is 22.8. The van der Waals surface area contributed by atoms with Crippen LogP contribution < -0.4 is 5.32 Å². The summed E-state index contributed by atoms with van der Waals surface area (Å²) < 4.78 is 37.8. The third kappa shape index (κ3) is 3.77. The van der Waals surface area contributed by atoms with Crippen LogP contribution in [0.15, 0.2) is 24.3 Å². The van der Waals surface area contributed by atoms with Crippen LogP contribution in [-0.2, 0) is 22.3 Å². The molecular formula is C18H20F3N3O3. The van der Waals surface area contributed by atoms with E-state index in [1.165, 1.54) is 24.1 Å². The highest BCUT2D eigenvalue weighted by molar-refractivity contribution is 6.09. The summed E-state index contributed by atoms with van der Waals surface area (Å²) in [5, 5.41) is 2.67. The van der Waals surface area contributed by atoms with Gasteiger partial charge in [-0.3, -0.25) is 14.5 Å². The molecule has 4 amide bonds. The second-order valence-corrected chi connectivity index (χ2v) is 7.24. The summed E-state index contributed by atoms with van der Waals surface area (Å²) in [5.41, 5.74) is -1.21. The van der Waals surface area contributed by atoms with E-state index in [0.717, 1.165) is 29.9 Å². The number of amides is 4. The van der Waals surface area contributed by atoms with Gasteiger partial charge in [-0.05, 0) is 43.4 Å². The number of rotatable bonds is 5. The Labute approximate surface area is 154 Å². The first-order valence-corrected chi connectivity index (χ1v) is 8.56. The van der Waals surface area contributed by atoms with Crippen LogP contribution >= 0.6 is 0 Å². The topological polar surface area (TPSA) is 69.7 Å². The molecule has 2 fully saturated rings. The molecule has 1 atom stereocenters. The molecule has 1 aromatic carbocycles. The van der Waals surface area contributed by atoms with E-state index in [4.69, 9.17) is 0 Å². The standard InChI is InChI=1S/C18H20F3N3O3/c1-17(12-7-8-12)15(26)24(16(27)22-17)10-14(25)23(2)9-11-3-5-13(6-4-11)18(19,20)21/h3-6,12H,7-10H2,1-2H3,(H,22,27). The second-order valence-electron chi connectivity index (χ2n) is 7.24. The molecule has 1 saturated heterocycles. The number of hydrogen-bond acceptors (Lipinski definition) is 3. The Bertz CT molecular complexity index is 774. The maximum atomic E-state index is 12.6. The fourth-order valence-corrected chi connectivity index (χ4v) is 3.21. The van der Waals surface area contributed by atoms with Crippen LogP contribution in [0, 0.1) is 5.92 Å². The number of benzene rings is 1. The van der Waals surface area contributed by atoms with E-state index in [-0.39, 0.29) is 12.5 Å². The van der Waals surface area contributed by atoms with Crippen molar-refractivity contribution in [2.24, 2.45) is 5.92 Å². The van der Waals surface area contributed by atoms with Gasteiger partial charge < -0.3 is 10.2 Å². The van der Waals surface area contributed by atoms with Gasteiger partial charge in [-0.15, -0.1) is 0 Å². The van der Waals surface area contributed by atoms with Gasteiger partial charge in [0.15, 0.2) is 0 Å². The van der Waals surface area contributed by atoms with Gasteiger partial charge in [-0.1, -0.05) is 12.1 Å². The van der Waals surface area contributed by atoms with Gasteiger partial charge in [0.1, 0.15) is 12.1 Å². The Hall–Kier alpha value is -2.58. The minimum Gasteiger partial charge on any atom is -0.340 e. The molecule has 6 nitrogen and oxygen atoms in total. The molecule has 9 heteroatoms. The SMILES string of the molecule is CN(Cc1ccc(C(F)(F)F)cc1)C(=O)CN1C(=O)NC(C)(C2CC2)C1=O. The van der Waals surface area contributed by atoms with E-state index in [1.807, 2.05) is 0 Å². The first-order valence-electron chi connectivity index (χ1n) is 8.56. The van der Waals surface area contributed by atoms with Crippen LogP contribution in [0.4, 0.5) is 18.0 Å². The highest BCUT2D eigenvalue weighted by Gasteiger charge is 2.56. The molecule has 1 aliphatic heterocycles. The molecule has 3 rings (SSSR count). The molecule has 2 aliphatic rings. The van der Waals surface area contributed by atoms with Crippen molar-refractivity contribution in [2.45, 2.75) is 38.0 Å². The lowest BCUT2D eigenvalue weighted by Gasteiger charge is -2.22. The quantitative estimate of drug-likeness (QED) is 0.794. The van der Waals surface area contributed by atoms with E-state index in [2.05, 4.69) is 5.32 Å². The Kier molecular flexibility index (Phi) is 4.65. The van der Waals surface area contributed by atoms with Gasteiger partial charge in [0.2, 0.25) is 5.91 Å². The number of urea groups is 1. The zero-order chi connectivity index (χ0) is 20.0. The smallest absolute Gasteiger partial charge is 0.340 e. The van der Waals surface area contributed by atoms with E-state index in [1.54, 1.807) is 6.92 Å². The van der Waals surface area contributed by atoms with Crippen LogP contribution in [0.2, 0.25) is 0 Å². The minimum absolute atomic E-state index is 0.0700. The van der Waals surface area contributed by atoms with Crippen molar-refractivity contribution < 1.29 is 27.6 Å². The molecule has 1 N–H and O–H groups in total. The first-order chi connectivity index (χ1) is 12.5. The Morgan fingerprint density at radius 3 is 2.37 bits per heavy atom. The van der Waals surface area contributed by atoms with Crippen LogP contribution in [0.3, 0.4) is 0 Å². The maximum absolute atomic E-state index is 12.6. The maximum Gasteiger partial charge on any atom is 0.416 e. The highest BCUT2D eigenvalue weighted by atomic mass is 19.4. The number of carbonyl (C=O) groups excluding carboxylic acids is 3. The number of imide groups is 1. The lowest BCUT2D eigenvalue weighted by molar-refractivity contribution is -0.138.